The Labute approximate surface area is 166 Å². The summed E-state index contributed by atoms with van der Waals surface area (Å²) in [6.07, 6.45) is 8.30. The maximum Gasteiger partial charge on any atom is 0.419 e. The Kier molecular flexibility index (Phi) is 5.73. The highest BCUT2D eigenvalue weighted by atomic mass is 16.6. The molecule has 0 spiro atoms. The standard InChI is InChI=1S/C22H28N4O2/c1-21(2,3)28-20(27)26-15-14-24-19(26)7-4-6-17-8-10-18(11-9-17)25-22(16-23)12-5-13-22/h8-11,14-15,25H,4-7,12-13H2,1-3H3. The van der Waals surface area contributed by atoms with Crippen LogP contribution in [0.5, 0.6) is 0 Å². The molecule has 6 heteroatoms. The summed E-state index contributed by atoms with van der Waals surface area (Å²) in [6, 6.07) is 10.6. The van der Waals surface area contributed by atoms with E-state index < -0.39 is 11.7 Å². The number of imidazole rings is 1. The number of hydrogen-bond donors (Lipinski definition) is 1. The molecule has 0 radical (unpaired) electrons. The lowest BCUT2D eigenvalue weighted by Crippen LogP contribution is -2.43. The van der Waals surface area contributed by atoms with Gasteiger partial charge in [-0.25, -0.2) is 14.3 Å². The van der Waals surface area contributed by atoms with Crippen molar-refractivity contribution >= 4 is 11.8 Å². The van der Waals surface area contributed by atoms with Crippen LogP contribution in [-0.2, 0) is 17.6 Å². The molecule has 1 heterocycles. The molecule has 2 aromatic rings. The van der Waals surface area contributed by atoms with Crippen LogP contribution < -0.4 is 5.32 Å². The van der Waals surface area contributed by atoms with Gasteiger partial charge in [0.05, 0.1) is 6.07 Å². The molecule has 1 aliphatic rings. The molecule has 6 nitrogen and oxygen atoms in total. The molecule has 1 aromatic heterocycles. The van der Waals surface area contributed by atoms with Crippen LogP contribution in [0.4, 0.5) is 10.5 Å². The summed E-state index contributed by atoms with van der Waals surface area (Å²) in [5, 5.41) is 12.7. The monoisotopic (exact) mass is 380 g/mol. The fourth-order valence-corrected chi connectivity index (χ4v) is 3.27. The van der Waals surface area contributed by atoms with Crippen molar-refractivity contribution in [2.75, 3.05) is 5.32 Å². The minimum atomic E-state index is -0.530. The number of nitriles is 1. The first kappa shape index (κ1) is 19.9. The van der Waals surface area contributed by atoms with Gasteiger partial charge in [-0.2, -0.15) is 5.26 Å². The van der Waals surface area contributed by atoms with Gasteiger partial charge in [0.1, 0.15) is 17.0 Å². The number of hydrogen-bond acceptors (Lipinski definition) is 5. The fraction of sp³-hybridized carbons (Fsp3) is 0.500. The molecular formula is C22H28N4O2. The maximum atomic E-state index is 12.3. The van der Waals surface area contributed by atoms with Gasteiger partial charge < -0.3 is 10.1 Å². The normalized spacial score (nSPS) is 15.4. The number of aromatic nitrogens is 2. The van der Waals surface area contributed by atoms with Crippen LogP contribution in [0.3, 0.4) is 0 Å². The van der Waals surface area contributed by atoms with E-state index in [1.54, 1.807) is 12.4 Å². The van der Waals surface area contributed by atoms with E-state index in [9.17, 15) is 10.1 Å². The van der Waals surface area contributed by atoms with Gasteiger partial charge in [-0.1, -0.05) is 12.1 Å². The number of rotatable bonds is 6. The topological polar surface area (TPSA) is 79.9 Å². The fourth-order valence-electron chi connectivity index (χ4n) is 3.27. The second-order valence-electron chi connectivity index (χ2n) is 8.42. The van der Waals surface area contributed by atoms with E-state index in [2.05, 4.69) is 28.5 Å². The molecule has 0 bridgehead atoms. The second-order valence-corrected chi connectivity index (χ2v) is 8.42. The van der Waals surface area contributed by atoms with Crippen LogP contribution in [0.25, 0.3) is 0 Å². The molecule has 28 heavy (non-hydrogen) atoms. The van der Waals surface area contributed by atoms with Gasteiger partial charge in [0, 0.05) is 24.5 Å². The molecule has 0 amide bonds. The minimum absolute atomic E-state index is 0.375. The summed E-state index contributed by atoms with van der Waals surface area (Å²) >= 11 is 0. The lowest BCUT2D eigenvalue weighted by molar-refractivity contribution is 0.0531. The van der Waals surface area contributed by atoms with E-state index in [1.165, 1.54) is 10.1 Å². The van der Waals surface area contributed by atoms with Gasteiger partial charge in [0.25, 0.3) is 0 Å². The lowest BCUT2D eigenvalue weighted by atomic mass is 9.78. The summed E-state index contributed by atoms with van der Waals surface area (Å²) in [4.78, 5) is 16.6. The highest BCUT2D eigenvalue weighted by molar-refractivity contribution is 5.71. The van der Waals surface area contributed by atoms with E-state index in [-0.39, 0.29) is 5.54 Å². The molecule has 1 aromatic carbocycles. The van der Waals surface area contributed by atoms with Gasteiger partial charge >= 0.3 is 6.09 Å². The van der Waals surface area contributed by atoms with Crippen molar-refractivity contribution in [2.24, 2.45) is 0 Å². The average Bonchev–Trinajstić information content (AvgIpc) is 3.07. The zero-order valence-electron chi connectivity index (χ0n) is 16.9. The van der Waals surface area contributed by atoms with Crippen molar-refractivity contribution in [3.8, 4) is 6.07 Å². The molecule has 1 N–H and O–H groups in total. The third-order valence-corrected chi connectivity index (χ3v) is 4.93. The van der Waals surface area contributed by atoms with Crippen molar-refractivity contribution < 1.29 is 9.53 Å². The molecule has 0 saturated heterocycles. The van der Waals surface area contributed by atoms with Crippen molar-refractivity contribution in [1.29, 1.82) is 5.26 Å². The summed E-state index contributed by atoms with van der Waals surface area (Å²) < 4.78 is 6.90. The van der Waals surface area contributed by atoms with E-state index in [1.807, 2.05) is 32.9 Å². The van der Waals surface area contributed by atoms with E-state index in [4.69, 9.17) is 4.74 Å². The first-order valence-electron chi connectivity index (χ1n) is 9.84. The van der Waals surface area contributed by atoms with E-state index in [0.29, 0.717) is 12.2 Å². The van der Waals surface area contributed by atoms with Gasteiger partial charge in [-0.3, -0.25) is 0 Å². The Balaban J connectivity index is 1.51. The molecule has 0 aliphatic heterocycles. The first-order valence-corrected chi connectivity index (χ1v) is 9.84. The number of aryl methyl sites for hydroxylation is 2. The van der Waals surface area contributed by atoms with Crippen LogP contribution >= 0.6 is 0 Å². The van der Waals surface area contributed by atoms with Crippen molar-refractivity contribution in [2.45, 2.75) is 70.4 Å². The Morgan fingerprint density at radius 2 is 2.00 bits per heavy atom. The summed E-state index contributed by atoms with van der Waals surface area (Å²) in [6.45, 7) is 5.55. The number of ether oxygens (including phenoxy) is 1. The van der Waals surface area contributed by atoms with Gasteiger partial charge in [-0.15, -0.1) is 0 Å². The van der Waals surface area contributed by atoms with Crippen LogP contribution in [0.15, 0.2) is 36.7 Å². The van der Waals surface area contributed by atoms with Crippen molar-refractivity contribution in [3.05, 3.63) is 48.0 Å². The van der Waals surface area contributed by atoms with Crippen molar-refractivity contribution in [3.63, 3.8) is 0 Å². The molecule has 1 aliphatic carbocycles. The quantitative estimate of drug-likeness (QED) is 0.786. The minimum Gasteiger partial charge on any atom is -0.443 e. The number of benzene rings is 1. The molecular weight excluding hydrogens is 352 g/mol. The molecule has 1 saturated carbocycles. The lowest BCUT2D eigenvalue weighted by Gasteiger charge is -2.36. The summed E-state index contributed by atoms with van der Waals surface area (Å²) in [5.74, 6) is 0.716. The van der Waals surface area contributed by atoms with E-state index >= 15 is 0 Å². The molecule has 0 atom stereocenters. The van der Waals surface area contributed by atoms with Gasteiger partial charge in [-0.05, 0) is 70.6 Å². The van der Waals surface area contributed by atoms with Crippen LogP contribution in [0.1, 0.15) is 57.8 Å². The predicted molar refractivity (Wildman–Crippen MR) is 108 cm³/mol. The Hall–Kier alpha value is -2.81. The Bertz CT molecular complexity index is 852. The zero-order valence-corrected chi connectivity index (χ0v) is 16.9. The number of carbonyl (C=O) groups excluding carboxylic acids is 1. The van der Waals surface area contributed by atoms with Gasteiger partial charge in [0.15, 0.2) is 0 Å². The Morgan fingerprint density at radius 1 is 1.29 bits per heavy atom. The second kappa shape index (κ2) is 8.05. The van der Waals surface area contributed by atoms with Gasteiger partial charge in [0.2, 0.25) is 0 Å². The van der Waals surface area contributed by atoms with Crippen LogP contribution in [-0.4, -0.2) is 26.8 Å². The molecule has 3 rings (SSSR count). The van der Waals surface area contributed by atoms with Crippen molar-refractivity contribution in [1.82, 2.24) is 9.55 Å². The smallest absolute Gasteiger partial charge is 0.419 e. The first-order chi connectivity index (χ1) is 13.3. The molecule has 0 unspecified atom stereocenters. The largest absolute Gasteiger partial charge is 0.443 e. The number of carbonyl (C=O) groups is 1. The summed E-state index contributed by atoms with van der Waals surface area (Å²) in [5.41, 5.74) is 1.31. The SMILES string of the molecule is CC(C)(C)OC(=O)n1ccnc1CCCc1ccc(NC2(C#N)CCC2)cc1. The van der Waals surface area contributed by atoms with E-state index in [0.717, 1.165) is 37.8 Å². The maximum absolute atomic E-state index is 12.3. The third-order valence-electron chi connectivity index (χ3n) is 4.93. The highest BCUT2D eigenvalue weighted by Crippen LogP contribution is 2.34. The zero-order chi connectivity index (χ0) is 20.2. The highest BCUT2D eigenvalue weighted by Gasteiger charge is 2.36. The predicted octanol–water partition coefficient (Wildman–Crippen LogP) is 4.70. The third kappa shape index (κ3) is 4.92. The van der Waals surface area contributed by atoms with Crippen LogP contribution in [0, 0.1) is 11.3 Å². The van der Waals surface area contributed by atoms with Crippen LogP contribution in [0.2, 0.25) is 0 Å². The number of anilines is 1. The molecule has 1 fully saturated rings. The number of nitrogens with one attached hydrogen (secondary N) is 1. The number of nitrogens with zero attached hydrogens (tertiary/aromatic N) is 3. The summed E-state index contributed by atoms with van der Waals surface area (Å²) in [7, 11) is 0. The average molecular weight is 380 g/mol. The Morgan fingerprint density at radius 3 is 2.57 bits per heavy atom. The molecule has 148 valence electrons.